The van der Waals surface area contributed by atoms with Crippen LogP contribution in [0.4, 0.5) is 0 Å². The zero-order valence-corrected chi connectivity index (χ0v) is 11.9. The molecule has 1 aromatic rings. The van der Waals surface area contributed by atoms with Crippen molar-refractivity contribution < 1.29 is 9.47 Å². The zero-order chi connectivity index (χ0) is 13.5. The van der Waals surface area contributed by atoms with Crippen LogP contribution in [0.3, 0.4) is 0 Å². The molecule has 4 heteroatoms. The summed E-state index contributed by atoms with van der Waals surface area (Å²) in [6.45, 7) is 8.37. The van der Waals surface area contributed by atoms with Crippen LogP contribution < -0.4 is 10.1 Å². The number of nitrogens with zero attached hydrogens (tertiary/aromatic N) is 1. The van der Waals surface area contributed by atoms with Crippen LogP contribution in [0.2, 0.25) is 0 Å². The van der Waals surface area contributed by atoms with E-state index in [1.165, 1.54) is 11.1 Å². The van der Waals surface area contributed by atoms with Gasteiger partial charge in [-0.25, -0.2) is 0 Å². The lowest BCUT2D eigenvalue weighted by atomic mass is 10.1. The topological polar surface area (TPSA) is 33.7 Å². The van der Waals surface area contributed by atoms with Crippen molar-refractivity contribution in [1.29, 1.82) is 0 Å². The number of ether oxygens (including phenoxy) is 2. The lowest BCUT2D eigenvalue weighted by Crippen LogP contribution is -2.38. The highest BCUT2D eigenvalue weighted by Crippen LogP contribution is 2.19. The molecule has 2 rings (SSSR count). The zero-order valence-electron chi connectivity index (χ0n) is 11.9. The number of hydrogen-bond donors (Lipinski definition) is 1. The molecule has 0 saturated carbocycles. The van der Waals surface area contributed by atoms with Crippen LogP contribution in [0.1, 0.15) is 11.1 Å². The van der Waals surface area contributed by atoms with Crippen LogP contribution in [0.15, 0.2) is 18.2 Å². The van der Waals surface area contributed by atoms with E-state index in [4.69, 9.17) is 9.47 Å². The minimum Gasteiger partial charge on any atom is -0.492 e. The third-order valence-electron chi connectivity index (χ3n) is 3.35. The second kappa shape index (κ2) is 7.48. The van der Waals surface area contributed by atoms with Crippen molar-refractivity contribution in [3.63, 3.8) is 0 Å². The molecule has 1 heterocycles. The van der Waals surface area contributed by atoms with Gasteiger partial charge in [0.1, 0.15) is 12.4 Å². The van der Waals surface area contributed by atoms with Gasteiger partial charge in [0.25, 0.3) is 0 Å². The van der Waals surface area contributed by atoms with Gasteiger partial charge in [-0.15, -0.1) is 0 Å². The van der Waals surface area contributed by atoms with Gasteiger partial charge >= 0.3 is 0 Å². The van der Waals surface area contributed by atoms with Crippen molar-refractivity contribution in [2.24, 2.45) is 0 Å². The molecule has 0 spiro atoms. The second-order valence-corrected chi connectivity index (χ2v) is 4.94. The highest BCUT2D eigenvalue weighted by atomic mass is 16.5. The molecule has 1 aromatic carbocycles. The van der Waals surface area contributed by atoms with Crippen LogP contribution in [0.25, 0.3) is 0 Å². The first-order valence-corrected chi connectivity index (χ1v) is 6.96. The van der Waals surface area contributed by atoms with E-state index < -0.39 is 0 Å². The predicted octanol–water partition coefficient (Wildman–Crippen LogP) is 1.43. The summed E-state index contributed by atoms with van der Waals surface area (Å²) in [5.41, 5.74) is 2.50. The van der Waals surface area contributed by atoms with Gasteiger partial charge in [0.15, 0.2) is 0 Å². The molecule has 1 aliphatic heterocycles. The van der Waals surface area contributed by atoms with Gasteiger partial charge in [-0.05, 0) is 20.0 Å². The summed E-state index contributed by atoms with van der Waals surface area (Å²) in [6, 6.07) is 6.35. The van der Waals surface area contributed by atoms with E-state index in [9.17, 15) is 0 Å². The van der Waals surface area contributed by atoms with Crippen molar-refractivity contribution in [2.45, 2.75) is 13.5 Å². The van der Waals surface area contributed by atoms with E-state index in [0.29, 0.717) is 0 Å². The van der Waals surface area contributed by atoms with E-state index in [-0.39, 0.29) is 0 Å². The maximum absolute atomic E-state index is 5.92. The average Bonchev–Trinajstić information content (AvgIpc) is 2.43. The van der Waals surface area contributed by atoms with E-state index in [1.54, 1.807) is 0 Å². The normalized spacial score (nSPS) is 16.5. The molecule has 0 atom stereocenters. The fourth-order valence-corrected chi connectivity index (χ4v) is 2.29. The number of morpholine rings is 1. The smallest absolute Gasteiger partial charge is 0.123 e. The Hall–Kier alpha value is -1.10. The summed E-state index contributed by atoms with van der Waals surface area (Å²) in [7, 11) is 1.96. The Bertz CT molecular complexity index is 390. The Morgan fingerprint density at radius 3 is 2.84 bits per heavy atom. The number of hydrogen-bond acceptors (Lipinski definition) is 4. The lowest BCUT2D eigenvalue weighted by molar-refractivity contribution is 0.0322. The number of nitrogens with one attached hydrogen (secondary N) is 1. The van der Waals surface area contributed by atoms with Crippen molar-refractivity contribution in [3.05, 3.63) is 29.3 Å². The third-order valence-corrected chi connectivity index (χ3v) is 3.35. The Kier molecular flexibility index (Phi) is 5.63. The van der Waals surface area contributed by atoms with E-state index in [0.717, 1.165) is 51.7 Å². The largest absolute Gasteiger partial charge is 0.492 e. The summed E-state index contributed by atoms with van der Waals surface area (Å²) in [4.78, 5) is 2.38. The van der Waals surface area contributed by atoms with Gasteiger partial charge in [0, 0.05) is 31.7 Å². The van der Waals surface area contributed by atoms with Crippen molar-refractivity contribution in [2.75, 3.05) is 46.5 Å². The first-order chi connectivity index (χ1) is 9.29. The van der Waals surface area contributed by atoms with Gasteiger partial charge in [0.05, 0.1) is 13.2 Å². The van der Waals surface area contributed by atoms with Gasteiger partial charge in [-0.2, -0.15) is 0 Å². The Morgan fingerprint density at radius 1 is 1.32 bits per heavy atom. The average molecular weight is 264 g/mol. The molecule has 0 radical (unpaired) electrons. The van der Waals surface area contributed by atoms with E-state index >= 15 is 0 Å². The maximum atomic E-state index is 5.92. The second-order valence-electron chi connectivity index (χ2n) is 4.94. The molecule has 1 aliphatic rings. The molecule has 0 amide bonds. The minimum absolute atomic E-state index is 0.736. The van der Waals surface area contributed by atoms with Gasteiger partial charge < -0.3 is 14.8 Å². The van der Waals surface area contributed by atoms with Crippen molar-refractivity contribution >= 4 is 0 Å². The third kappa shape index (κ3) is 4.49. The summed E-state index contributed by atoms with van der Waals surface area (Å²) in [5.74, 6) is 0.994. The summed E-state index contributed by atoms with van der Waals surface area (Å²) in [6.07, 6.45) is 0. The lowest BCUT2D eigenvalue weighted by Gasteiger charge is -2.26. The van der Waals surface area contributed by atoms with Gasteiger partial charge in [-0.1, -0.05) is 17.7 Å². The molecule has 106 valence electrons. The molecule has 4 nitrogen and oxygen atoms in total. The van der Waals surface area contributed by atoms with Crippen LogP contribution in [-0.2, 0) is 11.3 Å². The predicted molar refractivity (Wildman–Crippen MR) is 76.7 cm³/mol. The van der Waals surface area contributed by atoms with Gasteiger partial charge in [0.2, 0.25) is 0 Å². The molecule has 19 heavy (non-hydrogen) atoms. The fraction of sp³-hybridized carbons (Fsp3) is 0.600. The first-order valence-electron chi connectivity index (χ1n) is 6.96. The van der Waals surface area contributed by atoms with Gasteiger partial charge in [-0.3, -0.25) is 4.90 Å². The fourth-order valence-electron chi connectivity index (χ4n) is 2.29. The molecule has 0 bridgehead atoms. The van der Waals surface area contributed by atoms with Crippen molar-refractivity contribution in [3.8, 4) is 5.75 Å². The highest BCUT2D eigenvalue weighted by Gasteiger charge is 2.10. The highest BCUT2D eigenvalue weighted by molar-refractivity contribution is 5.36. The molecule has 0 aliphatic carbocycles. The molecular weight excluding hydrogens is 240 g/mol. The quantitative estimate of drug-likeness (QED) is 0.842. The monoisotopic (exact) mass is 264 g/mol. The van der Waals surface area contributed by atoms with E-state index in [2.05, 4.69) is 35.3 Å². The van der Waals surface area contributed by atoms with Crippen LogP contribution in [0.5, 0.6) is 5.75 Å². The minimum atomic E-state index is 0.736. The SMILES string of the molecule is CNCc1cc(C)ccc1OCCN1CCOCC1. The molecule has 0 unspecified atom stereocenters. The van der Waals surface area contributed by atoms with E-state index in [1.807, 2.05) is 7.05 Å². The maximum Gasteiger partial charge on any atom is 0.123 e. The Balaban J connectivity index is 1.84. The van der Waals surface area contributed by atoms with Crippen LogP contribution in [-0.4, -0.2) is 51.4 Å². The molecule has 0 aromatic heterocycles. The Morgan fingerprint density at radius 2 is 2.11 bits per heavy atom. The Labute approximate surface area is 115 Å². The number of benzene rings is 1. The summed E-state index contributed by atoms with van der Waals surface area (Å²) in [5, 5.41) is 3.18. The summed E-state index contributed by atoms with van der Waals surface area (Å²) >= 11 is 0. The number of aryl methyl sites for hydroxylation is 1. The first kappa shape index (κ1) is 14.3. The summed E-state index contributed by atoms with van der Waals surface area (Å²) < 4.78 is 11.3. The molecular formula is C15H24N2O2. The van der Waals surface area contributed by atoms with Crippen LogP contribution in [0, 0.1) is 6.92 Å². The standard InChI is InChI=1S/C15H24N2O2/c1-13-3-4-15(14(11-13)12-16-2)19-10-7-17-5-8-18-9-6-17/h3-4,11,16H,5-10,12H2,1-2H3. The number of rotatable bonds is 6. The molecule has 1 saturated heterocycles. The molecule has 1 N–H and O–H groups in total. The van der Waals surface area contributed by atoms with Crippen molar-refractivity contribution in [1.82, 2.24) is 10.2 Å². The molecule has 1 fully saturated rings. The van der Waals surface area contributed by atoms with Crippen LogP contribution >= 0.6 is 0 Å².